The molecule has 4 rings (SSSR count). The number of nitrogens with one attached hydrogen (secondary N) is 1. The Bertz CT molecular complexity index is 734. The smallest absolute Gasteiger partial charge is 0.255 e. The number of amides is 3. The van der Waals surface area contributed by atoms with E-state index in [1.54, 1.807) is 4.90 Å². The highest BCUT2D eigenvalue weighted by Crippen LogP contribution is 2.40. The van der Waals surface area contributed by atoms with E-state index in [4.69, 9.17) is 0 Å². The van der Waals surface area contributed by atoms with Crippen molar-refractivity contribution in [3.05, 3.63) is 34.4 Å². The quantitative estimate of drug-likeness (QED) is 0.849. The van der Waals surface area contributed by atoms with Crippen LogP contribution in [0.2, 0.25) is 0 Å². The number of rotatable bonds is 2. The van der Waals surface area contributed by atoms with Gasteiger partial charge in [-0.2, -0.15) is 0 Å². The predicted molar refractivity (Wildman–Crippen MR) is 88.4 cm³/mol. The molecule has 1 N–H and O–H groups in total. The van der Waals surface area contributed by atoms with Crippen LogP contribution in [-0.2, 0) is 16.1 Å². The maximum absolute atomic E-state index is 12.9. The van der Waals surface area contributed by atoms with Crippen molar-refractivity contribution in [3.63, 3.8) is 0 Å². The van der Waals surface area contributed by atoms with Crippen LogP contribution in [0, 0.1) is 6.92 Å². The fourth-order valence-corrected chi connectivity index (χ4v) is 4.44. The SMILES string of the molecule is Cc1cc2c(c(C3CCCC3)c1)CN(C1CCC(=O)NC1=O)C2=O. The van der Waals surface area contributed by atoms with Crippen LogP contribution < -0.4 is 5.32 Å². The van der Waals surface area contributed by atoms with Crippen molar-refractivity contribution in [1.82, 2.24) is 10.2 Å². The summed E-state index contributed by atoms with van der Waals surface area (Å²) in [6.45, 7) is 2.52. The second-order valence-electron chi connectivity index (χ2n) is 7.26. The second kappa shape index (κ2) is 5.72. The Labute approximate surface area is 141 Å². The first-order valence-electron chi connectivity index (χ1n) is 8.82. The lowest BCUT2D eigenvalue weighted by Gasteiger charge is -2.29. The third-order valence-electron chi connectivity index (χ3n) is 5.63. The van der Waals surface area contributed by atoms with Crippen LogP contribution in [0.5, 0.6) is 0 Å². The Balaban J connectivity index is 1.68. The number of nitrogens with zero attached hydrogens (tertiary/aromatic N) is 1. The van der Waals surface area contributed by atoms with E-state index in [1.165, 1.54) is 31.2 Å². The molecule has 1 aromatic carbocycles. The van der Waals surface area contributed by atoms with Crippen LogP contribution in [0.4, 0.5) is 0 Å². The molecule has 24 heavy (non-hydrogen) atoms. The number of piperidine rings is 1. The van der Waals surface area contributed by atoms with Crippen molar-refractivity contribution in [2.75, 3.05) is 0 Å². The molecular formula is C19H22N2O3. The molecule has 126 valence electrons. The van der Waals surface area contributed by atoms with Gasteiger partial charge in [0.15, 0.2) is 0 Å². The maximum atomic E-state index is 12.9. The van der Waals surface area contributed by atoms with Crippen LogP contribution in [0.3, 0.4) is 0 Å². The minimum absolute atomic E-state index is 0.0672. The molecule has 1 aliphatic carbocycles. The highest BCUT2D eigenvalue weighted by molar-refractivity contribution is 6.05. The third kappa shape index (κ3) is 2.43. The molecule has 2 heterocycles. The second-order valence-corrected chi connectivity index (χ2v) is 7.26. The van der Waals surface area contributed by atoms with Gasteiger partial charge < -0.3 is 4.90 Å². The number of hydrogen-bond acceptors (Lipinski definition) is 3. The molecule has 5 nitrogen and oxygen atoms in total. The molecule has 0 radical (unpaired) electrons. The van der Waals surface area contributed by atoms with Crippen molar-refractivity contribution in [2.45, 2.75) is 64.0 Å². The summed E-state index contributed by atoms with van der Waals surface area (Å²) >= 11 is 0. The fraction of sp³-hybridized carbons (Fsp3) is 0.526. The molecular weight excluding hydrogens is 304 g/mol. The summed E-state index contributed by atoms with van der Waals surface area (Å²) in [5, 5.41) is 2.36. The summed E-state index contributed by atoms with van der Waals surface area (Å²) < 4.78 is 0. The summed E-state index contributed by atoms with van der Waals surface area (Å²) in [4.78, 5) is 38.1. The molecule has 2 aliphatic heterocycles. The summed E-state index contributed by atoms with van der Waals surface area (Å²) in [6.07, 6.45) is 5.58. The van der Waals surface area contributed by atoms with E-state index in [0.29, 0.717) is 25.3 Å². The topological polar surface area (TPSA) is 66.5 Å². The lowest BCUT2D eigenvalue weighted by Crippen LogP contribution is -2.52. The minimum Gasteiger partial charge on any atom is -0.322 e. The maximum Gasteiger partial charge on any atom is 0.255 e. The molecule has 1 saturated carbocycles. The van der Waals surface area contributed by atoms with Gasteiger partial charge in [0.2, 0.25) is 11.8 Å². The first kappa shape index (κ1) is 15.4. The number of aryl methyl sites for hydroxylation is 1. The number of carbonyl (C=O) groups excluding carboxylic acids is 3. The first-order valence-corrected chi connectivity index (χ1v) is 8.82. The first-order chi connectivity index (χ1) is 11.5. The van der Waals surface area contributed by atoms with Crippen molar-refractivity contribution < 1.29 is 14.4 Å². The fourth-order valence-electron chi connectivity index (χ4n) is 4.44. The Morgan fingerprint density at radius 1 is 1.08 bits per heavy atom. The molecule has 3 amide bonds. The standard InChI is InChI=1S/C19H22N2O3/c1-11-8-13(12-4-2-3-5-12)15-10-21(19(24)14(15)9-11)16-6-7-17(22)20-18(16)23/h8-9,12,16H,2-7,10H2,1H3,(H,20,22,23). The molecule has 5 heteroatoms. The van der Waals surface area contributed by atoms with E-state index in [0.717, 1.165) is 16.7 Å². The summed E-state index contributed by atoms with van der Waals surface area (Å²) in [5.41, 5.74) is 4.25. The summed E-state index contributed by atoms with van der Waals surface area (Å²) in [5.74, 6) is -0.120. The lowest BCUT2D eigenvalue weighted by molar-refractivity contribution is -0.136. The van der Waals surface area contributed by atoms with E-state index in [9.17, 15) is 14.4 Å². The van der Waals surface area contributed by atoms with E-state index in [-0.39, 0.29) is 17.7 Å². The lowest BCUT2D eigenvalue weighted by atomic mass is 9.89. The van der Waals surface area contributed by atoms with E-state index >= 15 is 0 Å². The van der Waals surface area contributed by atoms with Crippen molar-refractivity contribution in [2.24, 2.45) is 0 Å². The zero-order chi connectivity index (χ0) is 16.8. The zero-order valence-electron chi connectivity index (χ0n) is 13.9. The molecule has 0 bridgehead atoms. The molecule has 3 aliphatic rings. The molecule has 2 fully saturated rings. The molecule has 1 aromatic rings. The Morgan fingerprint density at radius 2 is 1.83 bits per heavy atom. The van der Waals surface area contributed by atoms with Gasteiger partial charge in [0.1, 0.15) is 6.04 Å². The Morgan fingerprint density at radius 3 is 2.54 bits per heavy atom. The van der Waals surface area contributed by atoms with Gasteiger partial charge in [-0.15, -0.1) is 0 Å². The highest BCUT2D eigenvalue weighted by Gasteiger charge is 2.40. The van der Waals surface area contributed by atoms with Crippen LogP contribution in [0.1, 0.15) is 71.5 Å². The summed E-state index contributed by atoms with van der Waals surface area (Å²) in [7, 11) is 0. The number of fused-ring (bicyclic) bond motifs is 1. The molecule has 1 atom stereocenters. The van der Waals surface area contributed by atoms with Gasteiger partial charge in [-0.1, -0.05) is 24.5 Å². The van der Waals surface area contributed by atoms with Crippen LogP contribution in [0.25, 0.3) is 0 Å². The van der Waals surface area contributed by atoms with Gasteiger partial charge in [0.05, 0.1) is 0 Å². The minimum atomic E-state index is -0.528. The van der Waals surface area contributed by atoms with Crippen LogP contribution >= 0.6 is 0 Å². The van der Waals surface area contributed by atoms with Crippen molar-refractivity contribution >= 4 is 17.7 Å². The Kier molecular flexibility index (Phi) is 3.66. The van der Waals surface area contributed by atoms with Gasteiger partial charge >= 0.3 is 0 Å². The highest BCUT2D eigenvalue weighted by atomic mass is 16.2. The van der Waals surface area contributed by atoms with E-state index in [1.807, 2.05) is 13.0 Å². The number of hydrogen-bond donors (Lipinski definition) is 1. The average molecular weight is 326 g/mol. The van der Waals surface area contributed by atoms with Crippen LogP contribution in [0.15, 0.2) is 12.1 Å². The van der Waals surface area contributed by atoms with Gasteiger partial charge in [-0.25, -0.2) is 0 Å². The van der Waals surface area contributed by atoms with Crippen molar-refractivity contribution in [3.8, 4) is 0 Å². The van der Waals surface area contributed by atoms with E-state index < -0.39 is 6.04 Å². The van der Waals surface area contributed by atoms with Crippen molar-refractivity contribution in [1.29, 1.82) is 0 Å². The largest absolute Gasteiger partial charge is 0.322 e. The van der Waals surface area contributed by atoms with Crippen LogP contribution in [-0.4, -0.2) is 28.7 Å². The third-order valence-corrected chi connectivity index (χ3v) is 5.63. The monoisotopic (exact) mass is 326 g/mol. The normalized spacial score (nSPS) is 24.5. The number of benzene rings is 1. The molecule has 1 unspecified atom stereocenters. The molecule has 1 saturated heterocycles. The van der Waals surface area contributed by atoms with E-state index in [2.05, 4.69) is 11.4 Å². The number of carbonyl (C=O) groups is 3. The van der Waals surface area contributed by atoms with Gasteiger partial charge in [-0.05, 0) is 49.3 Å². The predicted octanol–water partition coefficient (Wildman–Crippen LogP) is 2.41. The van der Waals surface area contributed by atoms with Gasteiger partial charge in [-0.3, -0.25) is 19.7 Å². The number of imide groups is 1. The summed E-state index contributed by atoms with van der Waals surface area (Å²) in [6, 6.07) is 3.64. The average Bonchev–Trinajstić information content (AvgIpc) is 3.17. The molecule has 0 aromatic heterocycles. The Hall–Kier alpha value is -2.17. The zero-order valence-corrected chi connectivity index (χ0v) is 13.9. The van der Waals surface area contributed by atoms with Gasteiger partial charge in [0, 0.05) is 18.5 Å². The van der Waals surface area contributed by atoms with Gasteiger partial charge in [0.25, 0.3) is 5.91 Å². The molecule has 0 spiro atoms.